The Morgan fingerprint density at radius 3 is 2.08 bits per heavy atom. The lowest BCUT2D eigenvalue weighted by Gasteiger charge is -2.43. The average molecular weight is 725 g/mol. The number of rotatable bonds is 11. The lowest BCUT2D eigenvalue weighted by Crippen LogP contribution is -2.64. The zero-order chi connectivity index (χ0) is 37.6. The third kappa shape index (κ3) is 9.90. The minimum atomic E-state index is -4.86. The molecule has 0 bridgehead atoms. The molecule has 51 heavy (non-hydrogen) atoms. The van der Waals surface area contributed by atoms with Crippen molar-refractivity contribution in [2.24, 2.45) is 0 Å². The van der Waals surface area contributed by atoms with Gasteiger partial charge in [-0.1, -0.05) is 17.3 Å². The van der Waals surface area contributed by atoms with Gasteiger partial charge in [0.05, 0.1) is 18.5 Å². The highest BCUT2D eigenvalue weighted by atomic mass is 19.4. The quantitative estimate of drug-likeness (QED) is 0.220. The Kier molecular flexibility index (Phi) is 11.8. The van der Waals surface area contributed by atoms with E-state index in [2.05, 4.69) is 20.4 Å². The van der Waals surface area contributed by atoms with Crippen LogP contribution in [0.5, 0.6) is 11.5 Å². The molecule has 1 N–H and O–H groups in total. The largest absolute Gasteiger partial charge is 0.573 e. The first-order valence-electron chi connectivity index (χ1n) is 14.9. The van der Waals surface area contributed by atoms with Gasteiger partial charge in [-0.2, -0.15) is 0 Å². The van der Waals surface area contributed by atoms with Gasteiger partial charge in [0, 0.05) is 20.8 Å². The number of halogens is 3. The van der Waals surface area contributed by atoms with Gasteiger partial charge in [0.25, 0.3) is 5.56 Å². The molecule has 17 nitrogen and oxygen atoms in total. The molecule has 274 valence electrons. The third-order valence-electron chi connectivity index (χ3n) is 7.06. The van der Waals surface area contributed by atoms with Crippen LogP contribution in [-0.4, -0.2) is 89.0 Å². The number of esters is 4. The van der Waals surface area contributed by atoms with Gasteiger partial charge >= 0.3 is 30.2 Å². The number of methoxy groups -OCH3 is 1. The molecule has 2 heterocycles. The fourth-order valence-corrected chi connectivity index (χ4v) is 5.01. The van der Waals surface area contributed by atoms with Gasteiger partial charge in [-0.15, -0.1) is 18.3 Å². The normalized spacial score (nSPS) is 20.7. The van der Waals surface area contributed by atoms with Crippen LogP contribution < -0.4 is 20.3 Å². The van der Waals surface area contributed by atoms with E-state index in [0.717, 1.165) is 44.7 Å². The van der Waals surface area contributed by atoms with Crippen LogP contribution in [0.1, 0.15) is 39.3 Å². The summed E-state index contributed by atoms with van der Waals surface area (Å²) in [4.78, 5) is 74.9. The van der Waals surface area contributed by atoms with Crippen LogP contribution in [0.15, 0.2) is 47.3 Å². The number of benzene rings is 2. The summed E-state index contributed by atoms with van der Waals surface area (Å²) in [6, 6.07) is 8.01. The first-order chi connectivity index (χ1) is 23.9. The van der Waals surface area contributed by atoms with Crippen LogP contribution in [0.2, 0.25) is 0 Å². The van der Waals surface area contributed by atoms with Gasteiger partial charge < -0.3 is 38.5 Å². The molecule has 1 aromatic heterocycles. The number of carbonyl (C=O) groups excluding carboxylic acids is 5. The van der Waals surface area contributed by atoms with E-state index in [0.29, 0.717) is 5.56 Å². The molecule has 0 aliphatic carbocycles. The second-order valence-corrected chi connectivity index (χ2v) is 10.9. The van der Waals surface area contributed by atoms with E-state index in [1.165, 1.54) is 30.3 Å². The smallest absolute Gasteiger partial charge is 0.467 e. The Morgan fingerprint density at radius 2 is 1.49 bits per heavy atom. The van der Waals surface area contributed by atoms with Crippen LogP contribution in [0.4, 0.5) is 13.2 Å². The highest BCUT2D eigenvalue weighted by molar-refractivity contribution is 5.80. The second-order valence-electron chi connectivity index (χ2n) is 10.9. The van der Waals surface area contributed by atoms with Gasteiger partial charge in [-0.05, 0) is 42.8 Å². The number of aromatic nitrogens is 3. The fourth-order valence-electron chi connectivity index (χ4n) is 5.01. The predicted octanol–water partition coefficient (Wildman–Crippen LogP) is 1.64. The number of alkyl halides is 3. The molecule has 1 aliphatic rings. The Labute approximate surface area is 285 Å². The number of amides is 1. The number of nitrogens with zero attached hydrogens (tertiary/aromatic N) is 3. The third-order valence-corrected chi connectivity index (χ3v) is 7.06. The zero-order valence-electron chi connectivity index (χ0n) is 27.5. The number of fused-ring (bicyclic) bond motifs is 1. The van der Waals surface area contributed by atoms with E-state index in [-0.39, 0.29) is 16.7 Å². The number of ether oxygens (including phenoxy) is 7. The van der Waals surface area contributed by atoms with Crippen molar-refractivity contribution in [2.45, 2.75) is 77.3 Å². The van der Waals surface area contributed by atoms with Crippen molar-refractivity contribution in [3.05, 3.63) is 58.4 Å². The molecule has 1 amide bonds. The molecule has 20 heteroatoms. The number of nitrogens with one attached hydrogen (secondary N) is 1. The summed E-state index contributed by atoms with van der Waals surface area (Å²) < 4.78 is 74.2. The highest BCUT2D eigenvalue weighted by Gasteiger charge is 2.55. The molecule has 1 unspecified atom stereocenters. The zero-order valence-corrected chi connectivity index (χ0v) is 27.5. The monoisotopic (exact) mass is 724 g/mol. The SMILES string of the molecule is COC(=O)[C@H]1O[C@@H](Oc2ccc3nnn(CC(=O)NC(C)c4ccc(OC(F)(F)F)cc4)c(=O)c3c2)[C@H](OC(C)=O)[C@@H](OC(C)=O)[C@@H]1OC(C)=O. The standard InChI is InChI=1S/C31H31F3N4O13/c1-14(18-6-8-19(9-7-18)51-31(32,33)34)35-23(42)13-38-28(43)21-12-20(10-11-22(21)36-37-38)49-30-27(48-17(4)41)25(47-16(3)40)24(46-15(2)39)26(50-30)29(44)45-5/h6-12,14,24-27,30H,13H2,1-5H3,(H,35,42)/t14?,24-,25-,26-,27+,30+/m0/s1. The average Bonchev–Trinajstić information content (AvgIpc) is 3.03. The Bertz CT molecular complexity index is 1850. The van der Waals surface area contributed by atoms with E-state index in [1.807, 2.05) is 0 Å². The molecule has 3 aromatic rings. The Morgan fingerprint density at radius 1 is 0.902 bits per heavy atom. The molecule has 0 spiro atoms. The number of hydrogen-bond donors (Lipinski definition) is 1. The van der Waals surface area contributed by atoms with Gasteiger partial charge in [-0.3, -0.25) is 24.0 Å². The lowest BCUT2D eigenvalue weighted by molar-refractivity contribution is -0.282. The topological polar surface area (TPSA) is 210 Å². The Balaban J connectivity index is 1.58. The van der Waals surface area contributed by atoms with Gasteiger partial charge in [0.1, 0.15) is 23.6 Å². The highest BCUT2D eigenvalue weighted by Crippen LogP contribution is 2.32. The van der Waals surface area contributed by atoms with Gasteiger partial charge in [-0.25, -0.2) is 9.48 Å². The van der Waals surface area contributed by atoms with Crippen molar-refractivity contribution in [3.63, 3.8) is 0 Å². The van der Waals surface area contributed by atoms with Crippen molar-refractivity contribution in [1.29, 1.82) is 0 Å². The van der Waals surface area contributed by atoms with Crippen molar-refractivity contribution in [2.75, 3.05) is 7.11 Å². The maximum absolute atomic E-state index is 13.4. The van der Waals surface area contributed by atoms with Crippen LogP contribution in [0, 0.1) is 0 Å². The van der Waals surface area contributed by atoms with Crippen molar-refractivity contribution < 1.29 is 70.3 Å². The van der Waals surface area contributed by atoms with E-state index in [1.54, 1.807) is 6.92 Å². The molecule has 1 fully saturated rings. The fraction of sp³-hybridized carbons (Fsp3) is 0.419. The molecule has 4 rings (SSSR count). The summed E-state index contributed by atoms with van der Waals surface area (Å²) in [6.45, 7) is 4.05. The molecule has 1 saturated heterocycles. The maximum Gasteiger partial charge on any atom is 0.573 e. The van der Waals surface area contributed by atoms with E-state index >= 15 is 0 Å². The van der Waals surface area contributed by atoms with Crippen molar-refractivity contribution in [1.82, 2.24) is 20.3 Å². The van der Waals surface area contributed by atoms with Gasteiger partial charge in [0.15, 0.2) is 18.3 Å². The summed E-state index contributed by atoms with van der Waals surface area (Å²) >= 11 is 0. The summed E-state index contributed by atoms with van der Waals surface area (Å²) in [6.07, 6.45) is -13.2. The van der Waals surface area contributed by atoms with Gasteiger partial charge in [0.2, 0.25) is 18.3 Å². The minimum absolute atomic E-state index is 0.0831. The van der Waals surface area contributed by atoms with Crippen LogP contribution in [0.25, 0.3) is 10.9 Å². The summed E-state index contributed by atoms with van der Waals surface area (Å²) in [5, 5.41) is 10.2. The number of hydrogen-bond acceptors (Lipinski definition) is 15. The van der Waals surface area contributed by atoms with E-state index in [9.17, 15) is 41.9 Å². The summed E-state index contributed by atoms with van der Waals surface area (Å²) in [5.41, 5.74) is -0.263. The molecule has 2 aromatic carbocycles. The van der Waals surface area contributed by atoms with Crippen LogP contribution >= 0.6 is 0 Å². The predicted molar refractivity (Wildman–Crippen MR) is 161 cm³/mol. The molecular weight excluding hydrogens is 693 g/mol. The van der Waals surface area contributed by atoms with Crippen LogP contribution in [0.3, 0.4) is 0 Å². The number of carbonyl (C=O) groups is 5. The van der Waals surface area contributed by atoms with Crippen molar-refractivity contribution in [3.8, 4) is 11.5 Å². The first kappa shape index (κ1) is 38.0. The molecule has 1 aliphatic heterocycles. The van der Waals surface area contributed by atoms with Crippen LogP contribution in [-0.2, 0) is 54.2 Å². The molecular formula is C31H31F3N4O13. The second kappa shape index (κ2) is 15.8. The molecule has 0 saturated carbocycles. The summed E-state index contributed by atoms with van der Waals surface area (Å²) in [5.74, 6) is -4.95. The first-order valence-corrected chi connectivity index (χ1v) is 14.9. The minimum Gasteiger partial charge on any atom is -0.467 e. The van der Waals surface area contributed by atoms with E-state index in [4.69, 9.17) is 28.4 Å². The maximum atomic E-state index is 13.4. The Hall–Kier alpha value is -5.79. The molecule has 6 atom stereocenters. The van der Waals surface area contributed by atoms with E-state index < -0.39 is 90.7 Å². The lowest BCUT2D eigenvalue weighted by atomic mass is 9.97. The van der Waals surface area contributed by atoms with Crippen molar-refractivity contribution >= 4 is 40.7 Å². The molecule has 0 radical (unpaired) electrons. The summed E-state index contributed by atoms with van der Waals surface area (Å²) in [7, 11) is 1.02.